The summed E-state index contributed by atoms with van der Waals surface area (Å²) in [6.45, 7) is 1.10. The molecule has 5 heteroatoms. The Morgan fingerprint density at radius 1 is 1.09 bits per heavy atom. The molecule has 3 aromatic heterocycles. The lowest BCUT2D eigenvalue weighted by molar-refractivity contribution is 0.393. The highest BCUT2D eigenvalue weighted by molar-refractivity contribution is 5.73. The second-order valence-corrected chi connectivity index (χ2v) is 5.75. The van der Waals surface area contributed by atoms with Gasteiger partial charge >= 0.3 is 0 Å². The Morgan fingerprint density at radius 3 is 2.86 bits per heavy atom. The summed E-state index contributed by atoms with van der Waals surface area (Å²) < 4.78 is 2.09. The molecular weight excluding hydrogens is 274 g/mol. The Morgan fingerprint density at radius 2 is 2.05 bits per heavy atom. The number of nitrogens with one attached hydrogen (secondary N) is 1. The van der Waals surface area contributed by atoms with E-state index in [1.165, 1.54) is 19.3 Å². The van der Waals surface area contributed by atoms with Crippen molar-refractivity contribution in [1.82, 2.24) is 24.8 Å². The molecule has 112 valence electrons. The monoisotopic (exact) mass is 293 g/mol. The van der Waals surface area contributed by atoms with Crippen LogP contribution in [0.15, 0.2) is 42.7 Å². The van der Waals surface area contributed by atoms with Gasteiger partial charge in [-0.3, -0.25) is 4.57 Å². The van der Waals surface area contributed by atoms with E-state index in [9.17, 15) is 0 Å². The second kappa shape index (κ2) is 5.85. The van der Waals surface area contributed by atoms with Crippen LogP contribution in [-0.4, -0.2) is 32.1 Å². The third kappa shape index (κ3) is 2.48. The molecule has 1 fully saturated rings. The summed E-state index contributed by atoms with van der Waals surface area (Å²) in [5.74, 6) is 1.92. The largest absolute Gasteiger partial charge is 0.314 e. The first kappa shape index (κ1) is 13.4. The molecule has 1 aliphatic rings. The number of fused-ring (bicyclic) bond motifs is 1. The molecule has 0 aliphatic carbocycles. The number of hydrogen-bond acceptors (Lipinski definition) is 4. The fraction of sp³-hybridized carbons (Fsp3) is 0.353. The molecule has 0 bridgehead atoms. The van der Waals surface area contributed by atoms with E-state index < -0.39 is 0 Å². The van der Waals surface area contributed by atoms with Crippen molar-refractivity contribution in [2.75, 3.05) is 6.54 Å². The van der Waals surface area contributed by atoms with E-state index in [-0.39, 0.29) is 0 Å². The lowest BCUT2D eigenvalue weighted by Gasteiger charge is -2.23. The minimum absolute atomic E-state index is 0.494. The number of nitrogens with zero attached hydrogens (tertiary/aromatic N) is 4. The summed E-state index contributed by atoms with van der Waals surface area (Å²) in [4.78, 5) is 13.8. The third-order valence-corrected chi connectivity index (χ3v) is 4.21. The number of hydrogen-bond donors (Lipinski definition) is 1. The van der Waals surface area contributed by atoms with Gasteiger partial charge in [0.1, 0.15) is 17.2 Å². The van der Waals surface area contributed by atoms with Crippen LogP contribution >= 0.6 is 0 Å². The van der Waals surface area contributed by atoms with Crippen molar-refractivity contribution in [3.8, 4) is 5.82 Å². The van der Waals surface area contributed by atoms with Crippen LogP contribution in [0.25, 0.3) is 17.0 Å². The zero-order chi connectivity index (χ0) is 14.8. The predicted octanol–water partition coefficient (Wildman–Crippen LogP) is 2.50. The summed E-state index contributed by atoms with van der Waals surface area (Å²) in [5.41, 5.74) is 1.81. The highest BCUT2D eigenvalue weighted by Gasteiger charge is 2.19. The van der Waals surface area contributed by atoms with Gasteiger partial charge in [-0.1, -0.05) is 12.5 Å². The van der Waals surface area contributed by atoms with Gasteiger partial charge in [0.05, 0.1) is 0 Å². The van der Waals surface area contributed by atoms with E-state index in [0.29, 0.717) is 6.04 Å². The molecule has 1 aliphatic heterocycles. The van der Waals surface area contributed by atoms with Gasteiger partial charge in [0, 0.05) is 24.9 Å². The van der Waals surface area contributed by atoms with Crippen LogP contribution < -0.4 is 5.32 Å². The first-order valence-corrected chi connectivity index (χ1v) is 7.89. The molecule has 0 aromatic carbocycles. The SMILES string of the molecule is c1ccc(-n2c(CC3CCCCN3)nc3cccnc32)nc1. The Kier molecular flexibility index (Phi) is 3.56. The average molecular weight is 293 g/mol. The van der Waals surface area contributed by atoms with Crippen molar-refractivity contribution in [3.63, 3.8) is 0 Å². The zero-order valence-electron chi connectivity index (χ0n) is 12.4. The number of imidazole rings is 1. The van der Waals surface area contributed by atoms with E-state index in [1.54, 1.807) is 0 Å². The highest BCUT2D eigenvalue weighted by Crippen LogP contribution is 2.21. The van der Waals surface area contributed by atoms with Gasteiger partial charge in [0.15, 0.2) is 5.65 Å². The Bertz CT molecular complexity index is 759. The first-order chi connectivity index (χ1) is 10.9. The Hall–Kier alpha value is -2.27. The van der Waals surface area contributed by atoms with E-state index in [2.05, 4.69) is 19.9 Å². The van der Waals surface area contributed by atoms with Gasteiger partial charge in [-0.15, -0.1) is 0 Å². The topological polar surface area (TPSA) is 55.6 Å². The van der Waals surface area contributed by atoms with Crippen molar-refractivity contribution in [2.45, 2.75) is 31.7 Å². The summed E-state index contributed by atoms with van der Waals surface area (Å²) in [6.07, 6.45) is 8.30. The maximum Gasteiger partial charge on any atom is 0.165 e. The van der Waals surface area contributed by atoms with Crippen LogP contribution in [0.5, 0.6) is 0 Å². The van der Waals surface area contributed by atoms with E-state index >= 15 is 0 Å². The maximum atomic E-state index is 4.80. The second-order valence-electron chi connectivity index (χ2n) is 5.75. The van der Waals surface area contributed by atoms with Crippen LogP contribution in [0, 0.1) is 0 Å². The van der Waals surface area contributed by atoms with Crippen molar-refractivity contribution >= 4 is 11.2 Å². The predicted molar refractivity (Wildman–Crippen MR) is 86.0 cm³/mol. The molecule has 4 rings (SSSR count). The van der Waals surface area contributed by atoms with Crippen molar-refractivity contribution in [1.29, 1.82) is 0 Å². The molecule has 0 radical (unpaired) electrons. The summed E-state index contributed by atoms with van der Waals surface area (Å²) in [7, 11) is 0. The zero-order valence-corrected chi connectivity index (χ0v) is 12.4. The lowest BCUT2D eigenvalue weighted by atomic mass is 10.0. The minimum Gasteiger partial charge on any atom is -0.314 e. The fourth-order valence-corrected chi connectivity index (χ4v) is 3.14. The van der Waals surface area contributed by atoms with Gasteiger partial charge in [-0.25, -0.2) is 15.0 Å². The Labute approximate surface area is 129 Å². The quantitative estimate of drug-likeness (QED) is 0.806. The van der Waals surface area contributed by atoms with E-state index in [4.69, 9.17) is 4.98 Å². The molecule has 3 aromatic rings. The van der Waals surface area contributed by atoms with Crippen LogP contribution in [0.1, 0.15) is 25.1 Å². The maximum absolute atomic E-state index is 4.80. The first-order valence-electron chi connectivity index (χ1n) is 7.89. The molecule has 4 heterocycles. The van der Waals surface area contributed by atoms with E-state index in [1.807, 2.05) is 42.7 Å². The number of pyridine rings is 2. The highest BCUT2D eigenvalue weighted by atomic mass is 15.2. The van der Waals surface area contributed by atoms with Crippen LogP contribution in [-0.2, 0) is 6.42 Å². The summed E-state index contributed by atoms with van der Waals surface area (Å²) >= 11 is 0. The third-order valence-electron chi connectivity index (χ3n) is 4.21. The molecule has 1 N–H and O–H groups in total. The Balaban J connectivity index is 1.79. The fourth-order valence-electron chi connectivity index (χ4n) is 3.14. The smallest absolute Gasteiger partial charge is 0.165 e. The molecule has 0 spiro atoms. The molecule has 0 saturated carbocycles. The summed E-state index contributed by atoms with van der Waals surface area (Å²) in [6, 6.07) is 10.4. The van der Waals surface area contributed by atoms with Crippen LogP contribution in [0.4, 0.5) is 0 Å². The molecule has 1 unspecified atom stereocenters. The van der Waals surface area contributed by atoms with Crippen molar-refractivity contribution in [2.24, 2.45) is 0 Å². The van der Waals surface area contributed by atoms with Gasteiger partial charge in [0.25, 0.3) is 0 Å². The van der Waals surface area contributed by atoms with Crippen LogP contribution in [0.2, 0.25) is 0 Å². The standard InChI is InChI=1S/C17H19N5/c1-3-9-18-13(6-1)12-16-21-14-7-5-11-20-17(14)22(16)15-8-2-4-10-19-15/h2,4-5,7-8,10-11,13,18H,1,3,6,9,12H2. The average Bonchev–Trinajstić information content (AvgIpc) is 2.94. The minimum atomic E-state index is 0.494. The molecule has 1 saturated heterocycles. The molecule has 0 amide bonds. The number of rotatable bonds is 3. The molecular formula is C17H19N5. The van der Waals surface area contributed by atoms with Gasteiger partial charge < -0.3 is 5.32 Å². The van der Waals surface area contributed by atoms with Gasteiger partial charge in [-0.05, 0) is 43.7 Å². The van der Waals surface area contributed by atoms with Crippen molar-refractivity contribution in [3.05, 3.63) is 48.5 Å². The van der Waals surface area contributed by atoms with Gasteiger partial charge in [-0.2, -0.15) is 0 Å². The van der Waals surface area contributed by atoms with Crippen molar-refractivity contribution < 1.29 is 0 Å². The number of piperidine rings is 1. The normalized spacial score (nSPS) is 18.6. The molecule has 22 heavy (non-hydrogen) atoms. The van der Waals surface area contributed by atoms with E-state index in [0.717, 1.165) is 35.8 Å². The number of aromatic nitrogens is 4. The summed E-state index contributed by atoms with van der Waals surface area (Å²) in [5, 5.41) is 3.60. The van der Waals surface area contributed by atoms with Gasteiger partial charge in [0.2, 0.25) is 0 Å². The molecule has 5 nitrogen and oxygen atoms in total. The van der Waals surface area contributed by atoms with Crippen LogP contribution in [0.3, 0.4) is 0 Å². The lowest BCUT2D eigenvalue weighted by Crippen LogP contribution is -2.36. The molecule has 1 atom stereocenters.